The maximum Gasteiger partial charge on any atom is 0.307 e. The number of carboxylic acids is 1. The minimum atomic E-state index is -0.987. The van der Waals surface area contributed by atoms with E-state index in [4.69, 9.17) is 17.3 Å². The number of thiophene rings is 1. The van der Waals surface area contributed by atoms with Gasteiger partial charge in [-0.3, -0.25) is 4.79 Å². The number of nitrogen functional groups attached to an aromatic ring is 1. The first kappa shape index (κ1) is 16.7. The number of halogens is 2. The van der Waals surface area contributed by atoms with E-state index < -0.39 is 11.8 Å². The third kappa shape index (κ3) is 2.72. The molecule has 2 heterocycles. The largest absolute Gasteiger partial charge is 0.481 e. The van der Waals surface area contributed by atoms with Gasteiger partial charge in [0.05, 0.1) is 17.1 Å². The van der Waals surface area contributed by atoms with E-state index in [-0.39, 0.29) is 17.1 Å². The average Bonchev–Trinajstić information content (AvgIpc) is 2.86. The fourth-order valence-corrected chi connectivity index (χ4v) is 3.96. The van der Waals surface area contributed by atoms with Crippen LogP contribution in [0, 0.1) is 19.7 Å². The number of aryl methyl sites for hydroxylation is 2. The predicted molar refractivity (Wildman–Crippen MR) is 95.3 cm³/mol. The topological polar surface area (TPSA) is 76.2 Å². The van der Waals surface area contributed by atoms with Crippen molar-refractivity contribution in [2.45, 2.75) is 20.3 Å². The molecule has 3 N–H and O–H groups in total. The SMILES string of the molecule is Cc1cc2c(-c3ccc(N)c(F)c3Cl)c(CC(=O)O)c(C)nc2s1. The van der Waals surface area contributed by atoms with Crippen molar-refractivity contribution in [2.75, 3.05) is 5.73 Å². The van der Waals surface area contributed by atoms with Crippen LogP contribution in [0.15, 0.2) is 18.2 Å². The van der Waals surface area contributed by atoms with Crippen molar-refractivity contribution < 1.29 is 14.3 Å². The van der Waals surface area contributed by atoms with E-state index in [1.165, 1.54) is 17.4 Å². The van der Waals surface area contributed by atoms with Gasteiger partial charge in [0, 0.05) is 21.5 Å². The molecule has 4 nitrogen and oxygen atoms in total. The standard InChI is InChI=1S/C17H14ClFN2O2S/c1-7-5-11-14(9-3-4-12(20)16(19)15(9)18)10(6-13(22)23)8(2)21-17(11)24-7/h3-5H,6,20H2,1-2H3,(H,22,23). The second-order valence-corrected chi connectivity index (χ2v) is 7.14. The summed E-state index contributed by atoms with van der Waals surface area (Å²) in [5.74, 6) is -1.69. The lowest BCUT2D eigenvalue weighted by atomic mass is 9.94. The number of hydrogen-bond acceptors (Lipinski definition) is 4. The quantitative estimate of drug-likeness (QED) is 0.667. The van der Waals surface area contributed by atoms with E-state index in [0.29, 0.717) is 22.4 Å². The molecule has 0 fully saturated rings. The molecule has 1 aromatic carbocycles. The highest BCUT2D eigenvalue weighted by Gasteiger charge is 2.22. The highest BCUT2D eigenvalue weighted by molar-refractivity contribution is 7.18. The minimum Gasteiger partial charge on any atom is -0.481 e. The summed E-state index contributed by atoms with van der Waals surface area (Å²) in [5.41, 5.74) is 7.67. The Morgan fingerprint density at radius 3 is 2.79 bits per heavy atom. The van der Waals surface area contributed by atoms with Gasteiger partial charge in [0.1, 0.15) is 4.83 Å². The Morgan fingerprint density at radius 1 is 1.42 bits per heavy atom. The van der Waals surface area contributed by atoms with Crippen molar-refractivity contribution in [1.82, 2.24) is 4.98 Å². The second-order valence-electron chi connectivity index (χ2n) is 5.53. The fraction of sp³-hybridized carbons (Fsp3) is 0.176. The number of nitrogens with two attached hydrogens (primary N) is 1. The molecule has 0 atom stereocenters. The summed E-state index contributed by atoms with van der Waals surface area (Å²) in [6, 6.07) is 4.97. The number of carbonyl (C=O) groups is 1. The zero-order chi connectivity index (χ0) is 17.6. The van der Waals surface area contributed by atoms with Crippen LogP contribution in [0.4, 0.5) is 10.1 Å². The molecule has 0 aliphatic carbocycles. The number of pyridine rings is 1. The molecule has 0 aliphatic heterocycles. The van der Waals surface area contributed by atoms with Crippen LogP contribution in [0.25, 0.3) is 21.3 Å². The molecular weight excluding hydrogens is 351 g/mol. The Balaban J connectivity index is 2.44. The van der Waals surface area contributed by atoms with Gasteiger partial charge in [0.15, 0.2) is 5.82 Å². The molecule has 0 saturated heterocycles. The highest BCUT2D eigenvalue weighted by atomic mass is 35.5. The molecule has 3 aromatic rings. The van der Waals surface area contributed by atoms with Gasteiger partial charge < -0.3 is 10.8 Å². The number of fused-ring (bicyclic) bond motifs is 1. The molecule has 0 saturated carbocycles. The van der Waals surface area contributed by atoms with Crippen molar-refractivity contribution in [3.63, 3.8) is 0 Å². The molecule has 0 bridgehead atoms. The lowest BCUT2D eigenvalue weighted by molar-refractivity contribution is -0.136. The molecule has 124 valence electrons. The third-order valence-corrected chi connectivity index (χ3v) is 5.14. The molecular formula is C17H14ClFN2O2S. The number of hydrogen-bond donors (Lipinski definition) is 2. The van der Waals surface area contributed by atoms with E-state index in [2.05, 4.69) is 4.98 Å². The van der Waals surface area contributed by atoms with E-state index >= 15 is 0 Å². The first-order valence-corrected chi connectivity index (χ1v) is 8.34. The van der Waals surface area contributed by atoms with Crippen molar-refractivity contribution >= 4 is 44.8 Å². The summed E-state index contributed by atoms with van der Waals surface area (Å²) in [6.45, 7) is 3.69. The zero-order valence-electron chi connectivity index (χ0n) is 13.0. The maximum absolute atomic E-state index is 14.2. The summed E-state index contributed by atoms with van der Waals surface area (Å²) in [6.07, 6.45) is -0.221. The summed E-state index contributed by atoms with van der Waals surface area (Å²) in [5, 5.41) is 9.91. The first-order chi connectivity index (χ1) is 11.3. The lowest BCUT2D eigenvalue weighted by Gasteiger charge is -2.15. The van der Waals surface area contributed by atoms with Crippen molar-refractivity contribution in [2.24, 2.45) is 0 Å². The Bertz CT molecular complexity index is 985. The summed E-state index contributed by atoms with van der Waals surface area (Å²) >= 11 is 7.68. The molecule has 0 amide bonds. The van der Waals surface area contributed by atoms with Gasteiger partial charge in [-0.25, -0.2) is 9.37 Å². The predicted octanol–water partition coefficient (Wildman–Crippen LogP) is 4.58. The van der Waals surface area contributed by atoms with E-state index in [1.54, 1.807) is 13.0 Å². The summed E-state index contributed by atoms with van der Waals surface area (Å²) in [4.78, 5) is 17.6. The molecule has 0 aliphatic rings. The van der Waals surface area contributed by atoms with Crippen LogP contribution in [-0.4, -0.2) is 16.1 Å². The normalized spacial score (nSPS) is 11.2. The molecule has 24 heavy (non-hydrogen) atoms. The highest BCUT2D eigenvalue weighted by Crippen LogP contribution is 2.41. The first-order valence-electron chi connectivity index (χ1n) is 7.14. The number of aliphatic carboxylic acids is 1. The van der Waals surface area contributed by atoms with Gasteiger partial charge in [-0.15, -0.1) is 11.3 Å². The van der Waals surface area contributed by atoms with Crippen LogP contribution in [-0.2, 0) is 11.2 Å². The summed E-state index contributed by atoms with van der Waals surface area (Å²) in [7, 11) is 0. The fourth-order valence-electron chi connectivity index (χ4n) is 2.76. The van der Waals surface area contributed by atoms with Crippen molar-refractivity contribution in [3.05, 3.63) is 45.2 Å². The number of carboxylic acid groups (broad SMARTS) is 1. The molecule has 0 radical (unpaired) electrons. The molecule has 0 spiro atoms. The molecule has 7 heteroatoms. The Kier molecular flexibility index (Phi) is 4.19. The van der Waals surface area contributed by atoms with E-state index in [1.807, 2.05) is 13.0 Å². The molecule has 3 rings (SSSR count). The van der Waals surface area contributed by atoms with Crippen LogP contribution >= 0.6 is 22.9 Å². The van der Waals surface area contributed by atoms with Crippen LogP contribution in [0.1, 0.15) is 16.1 Å². The zero-order valence-corrected chi connectivity index (χ0v) is 14.6. The number of aromatic nitrogens is 1. The van der Waals surface area contributed by atoms with Crippen LogP contribution < -0.4 is 5.73 Å². The van der Waals surface area contributed by atoms with Crippen molar-refractivity contribution in [1.29, 1.82) is 0 Å². The number of nitrogens with zero attached hydrogens (tertiary/aromatic N) is 1. The maximum atomic E-state index is 14.2. The second kappa shape index (κ2) is 6.03. The Morgan fingerprint density at radius 2 is 2.12 bits per heavy atom. The Labute approximate surface area is 146 Å². The minimum absolute atomic E-state index is 0.0490. The third-order valence-electron chi connectivity index (χ3n) is 3.82. The molecule has 0 unspecified atom stereocenters. The van der Waals surface area contributed by atoms with Crippen LogP contribution in [0.2, 0.25) is 5.02 Å². The number of anilines is 1. The van der Waals surface area contributed by atoms with Gasteiger partial charge >= 0.3 is 5.97 Å². The van der Waals surface area contributed by atoms with Crippen molar-refractivity contribution in [3.8, 4) is 11.1 Å². The van der Waals surface area contributed by atoms with Gasteiger partial charge in [-0.2, -0.15) is 0 Å². The smallest absolute Gasteiger partial charge is 0.307 e. The number of rotatable bonds is 3. The Hall–Kier alpha value is -2.18. The van der Waals surface area contributed by atoms with Crippen LogP contribution in [0.3, 0.4) is 0 Å². The lowest BCUT2D eigenvalue weighted by Crippen LogP contribution is -2.06. The number of benzene rings is 1. The molecule has 2 aromatic heterocycles. The monoisotopic (exact) mass is 364 g/mol. The van der Waals surface area contributed by atoms with E-state index in [9.17, 15) is 14.3 Å². The van der Waals surface area contributed by atoms with E-state index in [0.717, 1.165) is 15.1 Å². The summed E-state index contributed by atoms with van der Waals surface area (Å²) < 4.78 is 14.2. The van der Waals surface area contributed by atoms with Gasteiger partial charge in [0.2, 0.25) is 0 Å². The van der Waals surface area contributed by atoms with Crippen LogP contribution in [0.5, 0.6) is 0 Å². The van der Waals surface area contributed by atoms with Gasteiger partial charge in [-0.1, -0.05) is 17.7 Å². The van der Waals surface area contributed by atoms with Gasteiger partial charge in [-0.05, 0) is 37.1 Å². The van der Waals surface area contributed by atoms with Gasteiger partial charge in [0.25, 0.3) is 0 Å². The average molecular weight is 365 g/mol.